The standard InChI is InChI=1S/C27H30BrN3O6S/c1-17(2)14-22(30-27(34)25-15-18-6-3-4-8-24(18)37-25)26(33)29-21-7-5-13-31(16-23(21)32)38(35,36)20-11-9-19(28)10-12-20/h3-4,6,8-12,15,17,21-22H,5,7,13-14,16H2,1-2H3,(H,29,33)(H,30,34)/t21-,22?/m0/s1. The summed E-state index contributed by atoms with van der Waals surface area (Å²) in [6.07, 6.45) is 1.04. The highest BCUT2D eigenvalue weighted by molar-refractivity contribution is 9.10. The molecule has 0 aliphatic carbocycles. The van der Waals surface area contributed by atoms with Gasteiger partial charge in [-0.25, -0.2) is 8.42 Å². The second-order valence-electron chi connectivity index (χ2n) is 9.77. The number of fused-ring (bicyclic) bond motifs is 1. The number of nitrogens with zero attached hydrogens (tertiary/aromatic N) is 1. The van der Waals surface area contributed by atoms with Crippen molar-refractivity contribution in [1.29, 1.82) is 0 Å². The van der Waals surface area contributed by atoms with E-state index in [0.29, 0.717) is 24.8 Å². The van der Waals surface area contributed by atoms with Gasteiger partial charge < -0.3 is 15.1 Å². The summed E-state index contributed by atoms with van der Waals surface area (Å²) in [7, 11) is -3.87. The van der Waals surface area contributed by atoms with E-state index in [0.717, 1.165) is 14.2 Å². The van der Waals surface area contributed by atoms with Gasteiger partial charge in [0.25, 0.3) is 5.91 Å². The molecule has 0 spiro atoms. The Morgan fingerprint density at radius 3 is 2.53 bits per heavy atom. The van der Waals surface area contributed by atoms with Crippen LogP contribution in [-0.2, 0) is 19.6 Å². The van der Waals surface area contributed by atoms with Crippen molar-refractivity contribution in [2.75, 3.05) is 13.1 Å². The van der Waals surface area contributed by atoms with Gasteiger partial charge in [-0.15, -0.1) is 0 Å². The fraction of sp³-hybridized carbons (Fsp3) is 0.370. The Morgan fingerprint density at radius 1 is 1.13 bits per heavy atom. The van der Waals surface area contributed by atoms with Gasteiger partial charge in [0.1, 0.15) is 11.6 Å². The van der Waals surface area contributed by atoms with Gasteiger partial charge in [0.05, 0.1) is 17.5 Å². The van der Waals surface area contributed by atoms with Crippen molar-refractivity contribution in [3.8, 4) is 0 Å². The minimum absolute atomic E-state index is 0.0816. The number of Topliss-reactive ketones (excluding diaryl/α,β-unsaturated/α-hetero) is 1. The van der Waals surface area contributed by atoms with Gasteiger partial charge >= 0.3 is 0 Å². The van der Waals surface area contributed by atoms with Gasteiger partial charge in [-0.1, -0.05) is 48.0 Å². The molecule has 38 heavy (non-hydrogen) atoms. The summed E-state index contributed by atoms with van der Waals surface area (Å²) >= 11 is 3.29. The molecular formula is C27H30BrN3O6S. The van der Waals surface area contributed by atoms with E-state index in [-0.39, 0.29) is 29.7 Å². The van der Waals surface area contributed by atoms with Crippen molar-refractivity contribution >= 4 is 54.5 Å². The van der Waals surface area contributed by atoms with E-state index in [1.807, 2.05) is 26.0 Å². The average molecular weight is 605 g/mol. The SMILES string of the molecule is CC(C)CC(NC(=O)c1cc2ccccc2o1)C(=O)N[C@H]1CCCN(S(=O)(=O)c2ccc(Br)cc2)CC1=O. The van der Waals surface area contributed by atoms with Crippen molar-refractivity contribution in [2.24, 2.45) is 5.92 Å². The first-order valence-corrected chi connectivity index (χ1v) is 14.7. The van der Waals surface area contributed by atoms with Crippen LogP contribution in [0.5, 0.6) is 0 Å². The molecule has 1 saturated heterocycles. The van der Waals surface area contributed by atoms with E-state index in [4.69, 9.17) is 4.42 Å². The number of hydrogen-bond donors (Lipinski definition) is 2. The lowest BCUT2D eigenvalue weighted by Gasteiger charge is -2.23. The van der Waals surface area contributed by atoms with Crippen molar-refractivity contribution in [1.82, 2.24) is 14.9 Å². The van der Waals surface area contributed by atoms with Gasteiger partial charge in [-0.3, -0.25) is 14.4 Å². The third kappa shape index (κ3) is 6.51. The zero-order valence-corrected chi connectivity index (χ0v) is 23.5. The summed E-state index contributed by atoms with van der Waals surface area (Å²) in [5.74, 6) is -1.25. The molecule has 1 aliphatic heterocycles. The van der Waals surface area contributed by atoms with E-state index in [1.165, 1.54) is 12.1 Å². The quantitative estimate of drug-likeness (QED) is 0.402. The largest absolute Gasteiger partial charge is 0.451 e. The molecule has 0 bridgehead atoms. The second kappa shape index (κ2) is 11.8. The molecule has 11 heteroatoms. The minimum Gasteiger partial charge on any atom is -0.451 e. The van der Waals surface area contributed by atoms with Crippen LogP contribution < -0.4 is 10.6 Å². The van der Waals surface area contributed by atoms with Crippen molar-refractivity contribution in [3.05, 3.63) is 64.8 Å². The van der Waals surface area contributed by atoms with Crippen LogP contribution >= 0.6 is 15.9 Å². The van der Waals surface area contributed by atoms with Crippen LogP contribution in [0.3, 0.4) is 0 Å². The minimum atomic E-state index is -3.87. The smallest absolute Gasteiger partial charge is 0.287 e. The highest BCUT2D eigenvalue weighted by atomic mass is 79.9. The van der Waals surface area contributed by atoms with Gasteiger partial charge in [0.2, 0.25) is 15.9 Å². The molecule has 4 rings (SSSR count). The first kappa shape index (κ1) is 28.0. The van der Waals surface area contributed by atoms with Crippen LogP contribution in [-0.4, -0.2) is 55.5 Å². The van der Waals surface area contributed by atoms with Gasteiger partial charge in [0.15, 0.2) is 11.5 Å². The number of rotatable bonds is 8. The molecule has 2 heterocycles. The lowest BCUT2D eigenvalue weighted by Crippen LogP contribution is -2.52. The number of amides is 2. The van der Waals surface area contributed by atoms with Crippen molar-refractivity contribution in [2.45, 2.75) is 50.1 Å². The summed E-state index contributed by atoms with van der Waals surface area (Å²) in [5.41, 5.74) is 0.564. The zero-order valence-electron chi connectivity index (χ0n) is 21.1. The van der Waals surface area contributed by atoms with Crippen molar-refractivity contribution < 1.29 is 27.2 Å². The van der Waals surface area contributed by atoms with E-state index < -0.39 is 39.7 Å². The van der Waals surface area contributed by atoms with E-state index in [1.54, 1.807) is 30.3 Å². The lowest BCUT2D eigenvalue weighted by atomic mass is 10.0. The highest BCUT2D eigenvalue weighted by Crippen LogP contribution is 2.22. The Hall–Kier alpha value is -3.02. The van der Waals surface area contributed by atoms with Crippen LogP contribution in [0.2, 0.25) is 0 Å². The van der Waals surface area contributed by atoms with Crippen LogP contribution in [0.15, 0.2) is 68.4 Å². The molecule has 1 aromatic heterocycles. The predicted octanol–water partition coefficient (Wildman–Crippen LogP) is 3.88. The molecule has 3 aromatic rings. The van der Waals surface area contributed by atoms with E-state index in [9.17, 15) is 22.8 Å². The fourth-order valence-electron chi connectivity index (χ4n) is 4.41. The molecule has 202 valence electrons. The van der Waals surface area contributed by atoms with Crippen LogP contribution in [0.25, 0.3) is 11.0 Å². The number of nitrogens with one attached hydrogen (secondary N) is 2. The number of carbonyl (C=O) groups excluding carboxylic acids is 3. The monoisotopic (exact) mass is 603 g/mol. The molecule has 0 saturated carbocycles. The molecule has 2 atom stereocenters. The molecule has 9 nitrogen and oxygen atoms in total. The Bertz CT molecular complexity index is 1400. The molecule has 1 fully saturated rings. The van der Waals surface area contributed by atoms with Crippen molar-refractivity contribution in [3.63, 3.8) is 0 Å². The number of carbonyl (C=O) groups is 3. The number of halogens is 1. The number of ketones is 1. The molecular weight excluding hydrogens is 574 g/mol. The summed E-state index contributed by atoms with van der Waals surface area (Å²) in [4.78, 5) is 39.3. The Labute approximate surface area is 230 Å². The van der Waals surface area contributed by atoms with E-state index >= 15 is 0 Å². The number of sulfonamides is 1. The molecule has 2 aromatic carbocycles. The maximum absolute atomic E-state index is 13.2. The first-order valence-electron chi connectivity index (χ1n) is 12.4. The summed E-state index contributed by atoms with van der Waals surface area (Å²) < 4.78 is 33.7. The average Bonchev–Trinajstić information content (AvgIpc) is 3.22. The topological polar surface area (TPSA) is 126 Å². The normalized spacial score (nSPS) is 17.8. The predicted molar refractivity (Wildman–Crippen MR) is 146 cm³/mol. The van der Waals surface area contributed by atoms with Crippen LogP contribution in [0, 0.1) is 5.92 Å². The molecule has 1 aliphatic rings. The third-order valence-corrected chi connectivity index (χ3v) is 8.76. The van der Waals surface area contributed by atoms with Gasteiger partial charge in [-0.2, -0.15) is 4.31 Å². The Kier molecular flexibility index (Phi) is 8.69. The molecule has 0 radical (unpaired) electrons. The van der Waals surface area contributed by atoms with E-state index in [2.05, 4.69) is 26.6 Å². The Morgan fingerprint density at radius 2 is 1.84 bits per heavy atom. The van der Waals surface area contributed by atoms with Gasteiger partial charge in [0, 0.05) is 16.4 Å². The third-order valence-electron chi connectivity index (χ3n) is 6.37. The lowest BCUT2D eigenvalue weighted by molar-refractivity contribution is -0.129. The zero-order chi connectivity index (χ0) is 27.4. The summed E-state index contributed by atoms with van der Waals surface area (Å²) in [5, 5.41) is 6.27. The second-order valence-corrected chi connectivity index (χ2v) is 12.6. The number of benzene rings is 2. The fourth-order valence-corrected chi connectivity index (χ4v) is 6.12. The molecule has 2 N–H and O–H groups in total. The molecule has 2 amide bonds. The maximum Gasteiger partial charge on any atom is 0.287 e. The van der Waals surface area contributed by atoms with Crippen LogP contribution in [0.1, 0.15) is 43.7 Å². The first-order chi connectivity index (χ1) is 18.0. The summed E-state index contributed by atoms with van der Waals surface area (Å²) in [6, 6.07) is 13.3. The maximum atomic E-state index is 13.2. The van der Waals surface area contributed by atoms with Crippen LogP contribution in [0.4, 0.5) is 0 Å². The Balaban J connectivity index is 1.44. The number of hydrogen-bond acceptors (Lipinski definition) is 6. The number of para-hydroxylation sites is 1. The summed E-state index contributed by atoms with van der Waals surface area (Å²) in [6.45, 7) is 3.67. The number of furan rings is 1. The molecule has 1 unspecified atom stereocenters. The highest BCUT2D eigenvalue weighted by Gasteiger charge is 2.34. The van der Waals surface area contributed by atoms with Gasteiger partial charge in [-0.05, 0) is 61.6 Å².